The summed E-state index contributed by atoms with van der Waals surface area (Å²) in [5.41, 5.74) is 1.59. The fourth-order valence-electron chi connectivity index (χ4n) is 3.82. The second-order valence-corrected chi connectivity index (χ2v) is 11.3. The van der Waals surface area contributed by atoms with Gasteiger partial charge in [-0.05, 0) is 48.7 Å². The molecule has 36 heavy (non-hydrogen) atoms. The van der Waals surface area contributed by atoms with Crippen LogP contribution in [0.1, 0.15) is 56.3 Å². The van der Waals surface area contributed by atoms with Crippen molar-refractivity contribution in [3.63, 3.8) is 0 Å². The number of hydrogen-bond donors (Lipinski definition) is 1. The molecule has 0 saturated carbocycles. The Morgan fingerprint density at radius 2 is 1.86 bits per heavy atom. The van der Waals surface area contributed by atoms with Crippen molar-refractivity contribution in [1.82, 2.24) is 14.4 Å². The first-order valence-corrected chi connectivity index (χ1v) is 13.7. The van der Waals surface area contributed by atoms with E-state index in [4.69, 9.17) is 20.9 Å². The number of carbonyl (C=O) groups excluding carboxylic acids is 1. The van der Waals surface area contributed by atoms with E-state index in [0.29, 0.717) is 36.9 Å². The Balaban J connectivity index is 1.30. The maximum atomic E-state index is 12.8. The zero-order chi connectivity index (χ0) is 25.7. The van der Waals surface area contributed by atoms with E-state index in [1.807, 2.05) is 26.0 Å². The summed E-state index contributed by atoms with van der Waals surface area (Å²) in [5, 5.41) is 6.88. The van der Waals surface area contributed by atoms with Gasteiger partial charge in [-0.2, -0.15) is 9.29 Å². The number of nitrogens with one attached hydrogen (secondary N) is 1. The van der Waals surface area contributed by atoms with E-state index in [1.165, 1.54) is 22.5 Å². The molecule has 1 amide bonds. The molecule has 4 rings (SSSR count). The van der Waals surface area contributed by atoms with Gasteiger partial charge in [0.15, 0.2) is 12.4 Å². The van der Waals surface area contributed by atoms with E-state index in [2.05, 4.69) is 15.5 Å². The van der Waals surface area contributed by atoms with Gasteiger partial charge in [-0.3, -0.25) is 4.79 Å². The van der Waals surface area contributed by atoms with Crippen LogP contribution >= 0.6 is 11.6 Å². The average Bonchev–Trinajstić information content (AvgIpc) is 3.34. The number of halogens is 1. The number of amides is 1. The predicted octanol–water partition coefficient (Wildman–Crippen LogP) is 4.63. The fourth-order valence-corrected chi connectivity index (χ4v) is 5.66. The van der Waals surface area contributed by atoms with E-state index in [0.717, 1.165) is 24.8 Å². The second kappa shape index (κ2) is 11.4. The summed E-state index contributed by atoms with van der Waals surface area (Å²) in [5.74, 6) is 1.25. The number of nitrogens with zero attached hydrogens (tertiary/aromatic N) is 3. The molecule has 3 aromatic rings. The molecular formula is C25H29ClN4O5S. The molecule has 2 heterocycles. The molecule has 0 atom stereocenters. The normalized spacial score (nSPS) is 14.7. The molecule has 9 nitrogen and oxygen atoms in total. The number of benzene rings is 2. The maximum Gasteiger partial charge on any atom is 0.262 e. The molecule has 0 aliphatic carbocycles. The number of rotatable bonds is 9. The highest BCUT2D eigenvalue weighted by Gasteiger charge is 2.26. The summed E-state index contributed by atoms with van der Waals surface area (Å²) in [6.07, 6.45) is 3.26. The lowest BCUT2D eigenvalue weighted by Gasteiger charge is -2.26. The van der Waals surface area contributed by atoms with Crippen LogP contribution in [0.15, 0.2) is 51.9 Å². The molecule has 0 unspecified atom stereocenters. The highest BCUT2D eigenvalue weighted by molar-refractivity contribution is 7.89. The lowest BCUT2D eigenvalue weighted by molar-refractivity contribution is -0.118. The van der Waals surface area contributed by atoms with E-state index in [9.17, 15) is 13.2 Å². The molecule has 11 heteroatoms. The molecule has 1 aliphatic heterocycles. The highest BCUT2D eigenvalue weighted by Crippen LogP contribution is 2.29. The minimum absolute atomic E-state index is 0.118. The van der Waals surface area contributed by atoms with Crippen molar-refractivity contribution in [3.05, 3.63) is 64.8 Å². The second-order valence-electron chi connectivity index (χ2n) is 8.97. The largest absolute Gasteiger partial charge is 0.482 e. The van der Waals surface area contributed by atoms with Crippen LogP contribution in [0.25, 0.3) is 0 Å². The van der Waals surface area contributed by atoms with Gasteiger partial charge in [0.25, 0.3) is 5.91 Å². The molecule has 0 radical (unpaired) electrons. The fraction of sp³-hybridized carbons (Fsp3) is 0.400. The number of piperidine rings is 1. The van der Waals surface area contributed by atoms with Gasteiger partial charge in [0.2, 0.25) is 15.9 Å². The quantitative estimate of drug-likeness (QED) is 0.427. The van der Waals surface area contributed by atoms with Crippen molar-refractivity contribution in [3.8, 4) is 5.75 Å². The van der Waals surface area contributed by atoms with Crippen LogP contribution in [-0.2, 0) is 21.2 Å². The first kappa shape index (κ1) is 26.1. The highest BCUT2D eigenvalue weighted by atomic mass is 35.5. The number of aromatic nitrogens is 2. The van der Waals surface area contributed by atoms with E-state index < -0.39 is 10.0 Å². The zero-order valence-corrected chi connectivity index (χ0v) is 21.8. The Kier molecular flexibility index (Phi) is 8.28. The van der Waals surface area contributed by atoms with Crippen molar-refractivity contribution in [1.29, 1.82) is 0 Å². The summed E-state index contributed by atoms with van der Waals surface area (Å²) < 4.78 is 37.9. The van der Waals surface area contributed by atoms with Gasteiger partial charge in [-0.25, -0.2) is 8.42 Å². The summed E-state index contributed by atoms with van der Waals surface area (Å²) in [6, 6.07) is 11.6. The van der Waals surface area contributed by atoms with Crippen molar-refractivity contribution in [2.45, 2.75) is 50.3 Å². The Hall–Kier alpha value is -2.95. The van der Waals surface area contributed by atoms with Crippen LogP contribution in [0.2, 0.25) is 5.02 Å². The smallest absolute Gasteiger partial charge is 0.262 e. The topological polar surface area (TPSA) is 115 Å². The Bertz CT molecular complexity index is 1300. The minimum atomic E-state index is -3.60. The van der Waals surface area contributed by atoms with Crippen molar-refractivity contribution in [2.75, 3.05) is 25.0 Å². The van der Waals surface area contributed by atoms with Crippen molar-refractivity contribution in [2.24, 2.45) is 0 Å². The summed E-state index contributed by atoms with van der Waals surface area (Å²) in [7, 11) is -3.60. The average molecular weight is 533 g/mol. The molecule has 192 valence electrons. The lowest BCUT2D eigenvalue weighted by Crippen LogP contribution is -2.35. The van der Waals surface area contributed by atoms with Crippen molar-refractivity contribution < 1.29 is 22.5 Å². The number of hydrogen-bond acceptors (Lipinski definition) is 7. The third-order valence-electron chi connectivity index (χ3n) is 5.79. The molecule has 0 spiro atoms. The molecule has 2 aromatic carbocycles. The lowest BCUT2D eigenvalue weighted by atomic mass is 10.1. The molecule has 1 aliphatic rings. The Morgan fingerprint density at radius 3 is 2.50 bits per heavy atom. The van der Waals surface area contributed by atoms with Gasteiger partial charge in [-0.15, -0.1) is 0 Å². The summed E-state index contributed by atoms with van der Waals surface area (Å²) >= 11 is 6.26. The number of anilines is 1. The third-order valence-corrected chi connectivity index (χ3v) is 7.98. The predicted molar refractivity (Wildman–Crippen MR) is 136 cm³/mol. The summed E-state index contributed by atoms with van der Waals surface area (Å²) in [6.45, 7) is 4.72. The number of carbonyl (C=O) groups is 1. The molecule has 1 aromatic heterocycles. The van der Waals surface area contributed by atoms with Crippen LogP contribution < -0.4 is 10.1 Å². The van der Waals surface area contributed by atoms with Gasteiger partial charge in [0.1, 0.15) is 5.75 Å². The van der Waals surface area contributed by atoms with Crippen molar-refractivity contribution >= 4 is 33.2 Å². The SMILES string of the molecule is CC(C)c1nc(Cc2ccc(NC(=O)COc3ccc(S(=O)(=O)N4CCCCC4)cc3Cl)cc2)no1. The Labute approximate surface area is 215 Å². The maximum absolute atomic E-state index is 12.8. The number of ether oxygens (including phenoxy) is 1. The van der Waals surface area contributed by atoms with Crippen LogP contribution in [0.4, 0.5) is 5.69 Å². The van der Waals surface area contributed by atoms with Gasteiger partial charge in [-0.1, -0.05) is 49.2 Å². The zero-order valence-electron chi connectivity index (χ0n) is 20.2. The molecular weight excluding hydrogens is 504 g/mol. The van der Waals surface area contributed by atoms with E-state index in [1.54, 1.807) is 12.1 Å². The van der Waals surface area contributed by atoms with Crippen LogP contribution in [0, 0.1) is 0 Å². The molecule has 0 bridgehead atoms. The van der Waals surface area contributed by atoms with Gasteiger partial charge in [0.05, 0.1) is 9.92 Å². The first-order chi connectivity index (χ1) is 17.2. The van der Waals surface area contributed by atoms with E-state index >= 15 is 0 Å². The van der Waals surface area contributed by atoms with E-state index in [-0.39, 0.29) is 34.1 Å². The van der Waals surface area contributed by atoms with Gasteiger partial charge >= 0.3 is 0 Å². The number of sulfonamides is 1. The van der Waals surface area contributed by atoms with Crippen LogP contribution in [-0.4, -0.2) is 48.5 Å². The minimum Gasteiger partial charge on any atom is -0.482 e. The monoisotopic (exact) mass is 532 g/mol. The Morgan fingerprint density at radius 1 is 1.14 bits per heavy atom. The van der Waals surface area contributed by atoms with Crippen LogP contribution in [0.3, 0.4) is 0 Å². The third kappa shape index (κ3) is 6.43. The van der Waals surface area contributed by atoms with Gasteiger partial charge in [0, 0.05) is 31.1 Å². The van der Waals surface area contributed by atoms with Gasteiger partial charge < -0.3 is 14.6 Å². The molecule has 1 saturated heterocycles. The summed E-state index contributed by atoms with van der Waals surface area (Å²) in [4.78, 5) is 16.8. The molecule has 1 fully saturated rings. The van der Waals surface area contributed by atoms with Crippen LogP contribution in [0.5, 0.6) is 5.75 Å². The first-order valence-electron chi connectivity index (χ1n) is 11.9. The standard InChI is InChI=1S/C25H29ClN4O5S/c1-17(2)25-28-23(29-35-25)14-18-6-8-19(9-7-18)27-24(31)16-34-22-11-10-20(15-21(22)26)36(32,33)30-12-4-3-5-13-30/h6-11,15,17H,3-5,12-14,16H2,1-2H3,(H,27,31). The molecule has 1 N–H and O–H groups in total.